The minimum Gasteiger partial charge on any atom is -0.452 e. The van der Waals surface area contributed by atoms with Crippen LogP contribution in [0, 0.1) is 6.92 Å². The van der Waals surface area contributed by atoms with E-state index in [9.17, 15) is 5.11 Å². The summed E-state index contributed by atoms with van der Waals surface area (Å²) in [4.78, 5) is 0. The minimum absolute atomic E-state index is 0.452. The summed E-state index contributed by atoms with van der Waals surface area (Å²) in [6.45, 7) is 1.98. The molecule has 246 valence electrons. The van der Waals surface area contributed by atoms with Crippen LogP contribution in [0.25, 0.3) is 0 Å². The average molecular weight is 1720 g/mol. The number of rotatable bonds is 6. The van der Waals surface area contributed by atoms with Crippen molar-refractivity contribution in [3.8, 4) is 23.0 Å². The highest BCUT2D eigenvalue weighted by Crippen LogP contribution is 2.58. The highest BCUT2D eigenvalue weighted by Gasteiger charge is 2.33. The first-order chi connectivity index (χ1) is 21.3. The lowest BCUT2D eigenvalue weighted by molar-refractivity contribution is 0.216. The monoisotopic (exact) mass is 1710 g/mol. The Balaban J connectivity index is 1.86. The molecule has 0 spiro atoms. The number of aliphatic hydroxyl groups is 1. The molecule has 4 rings (SSSR count). The molecule has 1 atom stereocenters. The molecule has 0 saturated heterocycles. The molecule has 0 amide bonds. The number of ether oxygens (including phenoxy) is 2. The van der Waals surface area contributed by atoms with E-state index in [2.05, 4.69) is 271 Å². The lowest BCUT2D eigenvalue weighted by atomic mass is 10.0. The van der Waals surface area contributed by atoms with Crippen LogP contribution < -0.4 is 9.47 Å². The Bertz CT molecular complexity index is 1710. The lowest BCUT2D eigenvalue weighted by Gasteiger charge is -2.25. The SMILES string of the molecule is Cc1c(Br)c(Br)c(Oc2c(Br)c(Br)c(C(O)c3c(Br)c(Br)c(Oc4c(Br)c(Br)c(Br)c(Br)c4Br)c(Br)c3Br)c(Br)c2Br)c(Br)c1Br. The second-order valence-electron chi connectivity index (χ2n) is 8.71. The molecular weight excluding hydrogens is 1720 g/mol. The zero-order valence-corrected chi connectivity index (χ0v) is 48.2. The minimum atomic E-state index is -1.16. The van der Waals surface area contributed by atoms with Crippen LogP contribution in [0.15, 0.2) is 76.0 Å². The largest absolute Gasteiger partial charge is 0.452 e. The van der Waals surface area contributed by atoms with Crippen molar-refractivity contribution in [2.75, 3.05) is 0 Å². The van der Waals surface area contributed by atoms with Crippen molar-refractivity contribution in [1.29, 1.82) is 0 Å². The van der Waals surface area contributed by atoms with Gasteiger partial charge in [0, 0.05) is 42.4 Å². The van der Waals surface area contributed by atoms with Gasteiger partial charge in [-0.1, -0.05) is 0 Å². The Morgan fingerprint density at radius 3 is 0.783 bits per heavy atom. The van der Waals surface area contributed by atoms with Crippen LogP contribution in [0.5, 0.6) is 23.0 Å². The van der Waals surface area contributed by atoms with Crippen LogP contribution in [0.1, 0.15) is 22.8 Å². The summed E-state index contributed by atoms with van der Waals surface area (Å²) in [7, 11) is 0. The number of hydrogen-bond acceptors (Lipinski definition) is 3. The molecule has 46 heavy (non-hydrogen) atoms. The summed E-state index contributed by atoms with van der Waals surface area (Å²) in [5.41, 5.74) is 2.04. The van der Waals surface area contributed by atoms with Crippen LogP contribution in [0.4, 0.5) is 0 Å². The van der Waals surface area contributed by atoms with Crippen molar-refractivity contribution < 1.29 is 14.6 Å². The second-order valence-corrected chi connectivity index (χ2v) is 22.2. The maximum atomic E-state index is 12.0. The first-order valence-electron chi connectivity index (χ1n) is 11.4. The van der Waals surface area contributed by atoms with Crippen molar-refractivity contribution >= 4 is 271 Å². The summed E-state index contributed by atoms with van der Waals surface area (Å²) in [5, 5.41) is 12.0. The van der Waals surface area contributed by atoms with Crippen molar-refractivity contribution in [2.45, 2.75) is 13.0 Å². The molecule has 0 aliphatic rings. The van der Waals surface area contributed by atoms with E-state index in [1.54, 1.807) is 0 Å². The predicted molar refractivity (Wildman–Crippen MR) is 246 cm³/mol. The summed E-state index contributed by atoms with van der Waals surface area (Å²) in [6, 6.07) is 0. The van der Waals surface area contributed by atoms with Gasteiger partial charge in [-0.2, -0.15) is 0 Å². The number of halogens is 17. The molecule has 0 radical (unpaired) electrons. The van der Waals surface area contributed by atoms with Gasteiger partial charge in [0.2, 0.25) is 0 Å². The number of hydrogen-bond donors (Lipinski definition) is 1. The molecule has 0 saturated carbocycles. The summed E-state index contributed by atoms with van der Waals surface area (Å²) < 4.78 is 24.2. The molecule has 20 heteroatoms. The van der Waals surface area contributed by atoms with Gasteiger partial charge in [-0.05, 0) is 283 Å². The van der Waals surface area contributed by atoms with Crippen molar-refractivity contribution in [2.24, 2.45) is 0 Å². The van der Waals surface area contributed by atoms with E-state index in [1.807, 2.05) is 6.92 Å². The van der Waals surface area contributed by atoms with E-state index in [4.69, 9.17) is 9.47 Å². The van der Waals surface area contributed by atoms with Crippen LogP contribution in [-0.2, 0) is 0 Å². The third kappa shape index (κ3) is 8.10. The first kappa shape index (κ1) is 43.3. The van der Waals surface area contributed by atoms with Crippen LogP contribution in [0.3, 0.4) is 0 Å². The van der Waals surface area contributed by atoms with Gasteiger partial charge in [-0.3, -0.25) is 0 Å². The van der Waals surface area contributed by atoms with Gasteiger partial charge >= 0.3 is 0 Å². The Morgan fingerprint density at radius 1 is 0.326 bits per heavy atom. The molecule has 0 aromatic heterocycles. The molecule has 0 aliphatic heterocycles. The van der Waals surface area contributed by atoms with Gasteiger partial charge in [0.05, 0.1) is 44.7 Å². The summed E-state index contributed by atoms with van der Waals surface area (Å²) >= 11 is 62.0. The Hall–Kier alpha value is 4.60. The maximum absolute atomic E-state index is 12.0. The number of aliphatic hydroxyl groups excluding tert-OH is 1. The second kappa shape index (κ2) is 17.6. The third-order valence-electron chi connectivity index (χ3n) is 6.08. The van der Waals surface area contributed by atoms with Gasteiger partial charge in [0.15, 0.2) is 23.0 Å². The predicted octanol–water partition coefficient (Wildman–Crippen LogP) is 19.6. The fourth-order valence-electron chi connectivity index (χ4n) is 3.75. The molecule has 4 aromatic rings. The summed E-state index contributed by atoms with van der Waals surface area (Å²) in [6.07, 6.45) is -1.16. The summed E-state index contributed by atoms with van der Waals surface area (Å²) in [5.74, 6) is 1.96. The van der Waals surface area contributed by atoms with E-state index in [-0.39, 0.29) is 0 Å². The highest BCUT2D eigenvalue weighted by atomic mass is 79.9. The van der Waals surface area contributed by atoms with Crippen LogP contribution in [-0.4, -0.2) is 5.11 Å². The fraction of sp³-hybridized carbons (Fsp3) is 0.0769. The zero-order valence-electron chi connectivity index (χ0n) is 21.3. The number of benzene rings is 4. The zero-order chi connectivity index (χ0) is 34.8. The molecule has 0 aliphatic carbocycles. The average Bonchev–Trinajstić information content (AvgIpc) is 3.02. The smallest absolute Gasteiger partial charge is 0.158 e. The molecule has 1 unspecified atom stereocenters. The Labute approximate surface area is 406 Å². The molecule has 0 fully saturated rings. The highest BCUT2D eigenvalue weighted by molar-refractivity contribution is 9.16. The molecular formula is C26H5Br17O3. The molecule has 1 N–H and O–H groups in total. The topological polar surface area (TPSA) is 38.7 Å². The van der Waals surface area contributed by atoms with Crippen molar-refractivity contribution in [3.63, 3.8) is 0 Å². The van der Waals surface area contributed by atoms with E-state index in [1.165, 1.54) is 0 Å². The Morgan fingerprint density at radius 2 is 0.522 bits per heavy atom. The maximum Gasteiger partial charge on any atom is 0.158 e. The van der Waals surface area contributed by atoms with E-state index < -0.39 is 6.10 Å². The lowest BCUT2D eigenvalue weighted by Crippen LogP contribution is -2.08. The van der Waals surface area contributed by atoms with Crippen LogP contribution >= 0.6 is 271 Å². The first-order valence-corrected chi connectivity index (χ1v) is 24.8. The van der Waals surface area contributed by atoms with Gasteiger partial charge in [0.1, 0.15) is 6.10 Å². The van der Waals surface area contributed by atoms with E-state index in [0.717, 1.165) is 36.9 Å². The van der Waals surface area contributed by atoms with Gasteiger partial charge in [-0.15, -0.1) is 0 Å². The third-order valence-corrected chi connectivity index (χ3v) is 25.1. The molecule has 3 nitrogen and oxygen atoms in total. The van der Waals surface area contributed by atoms with Crippen LogP contribution in [0.2, 0.25) is 0 Å². The molecule has 0 bridgehead atoms. The standard InChI is InChI=1S/C26H5Br17O3/c1-2-5(27)14(36)23(15(37)6(2)28)45-24-16(38)7(29)3(8(30)17(24)39)22(44)4-9(31)18(40)25(19(41)10(4)32)46-26-20(42)12(34)11(33)13(35)21(26)43/h22,44H,1H3. The van der Waals surface area contributed by atoms with E-state index >= 15 is 0 Å². The van der Waals surface area contributed by atoms with Gasteiger partial charge in [0.25, 0.3) is 0 Å². The van der Waals surface area contributed by atoms with Crippen molar-refractivity contribution in [1.82, 2.24) is 0 Å². The van der Waals surface area contributed by atoms with Gasteiger partial charge in [-0.25, -0.2) is 0 Å². The fourth-order valence-corrected chi connectivity index (χ4v) is 14.8. The van der Waals surface area contributed by atoms with Crippen molar-refractivity contribution in [3.05, 3.63) is 92.7 Å². The Kier molecular flexibility index (Phi) is 16.6. The van der Waals surface area contributed by atoms with Gasteiger partial charge < -0.3 is 14.6 Å². The molecule has 4 aromatic carbocycles. The molecule has 0 heterocycles. The quantitative estimate of drug-likeness (QED) is 0.154. The van der Waals surface area contributed by atoms with E-state index in [0.29, 0.717) is 78.9 Å². The normalized spacial score (nSPS) is 12.2.